The van der Waals surface area contributed by atoms with E-state index < -0.39 is 0 Å². The molecule has 26 heavy (non-hydrogen) atoms. The first-order chi connectivity index (χ1) is 12.4. The lowest BCUT2D eigenvalue weighted by Gasteiger charge is -2.11. The molecule has 7 nitrogen and oxygen atoms in total. The number of anilines is 1. The van der Waals surface area contributed by atoms with Gasteiger partial charge < -0.3 is 14.9 Å². The first-order valence-corrected chi connectivity index (χ1v) is 8.89. The number of aromatic nitrogens is 6. The SMILES string of the molecule is Cc1nc2ncc(-c3c[nH]c4nc(NC(C)C)ncc34)cc2n1C(C)C. The maximum absolute atomic E-state index is 4.57. The van der Waals surface area contributed by atoms with Crippen LogP contribution in [0.3, 0.4) is 0 Å². The summed E-state index contributed by atoms with van der Waals surface area (Å²) < 4.78 is 2.21. The van der Waals surface area contributed by atoms with Crippen molar-refractivity contribution in [3.8, 4) is 11.1 Å². The van der Waals surface area contributed by atoms with Gasteiger partial charge in [-0.25, -0.2) is 15.0 Å². The third-order valence-electron chi connectivity index (χ3n) is 4.40. The zero-order valence-electron chi connectivity index (χ0n) is 15.7. The van der Waals surface area contributed by atoms with Crippen molar-refractivity contribution in [3.63, 3.8) is 0 Å². The topological polar surface area (TPSA) is 84.3 Å². The van der Waals surface area contributed by atoms with Crippen molar-refractivity contribution in [2.45, 2.75) is 46.7 Å². The fourth-order valence-corrected chi connectivity index (χ4v) is 3.36. The average Bonchev–Trinajstić information content (AvgIpc) is 3.12. The summed E-state index contributed by atoms with van der Waals surface area (Å²) in [6, 6.07) is 2.76. The third kappa shape index (κ3) is 2.69. The van der Waals surface area contributed by atoms with Crippen molar-refractivity contribution < 1.29 is 0 Å². The van der Waals surface area contributed by atoms with Crippen LogP contribution in [0.5, 0.6) is 0 Å². The Morgan fingerprint density at radius 2 is 1.88 bits per heavy atom. The van der Waals surface area contributed by atoms with Gasteiger partial charge in [-0.2, -0.15) is 4.98 Å². The molecule has 0 bridgehead atoms. The lowest BCUT2D eigenvalue weighted by atomic mass is 10.1. The molecule has 0 spiro atoms. The minimum Gasteiger partial charge on any atom is -0.352 e. The van der Waals surface area contributed by atoms with Crippen LogP contribution in [0.2, 0.25) is 0 Å². The fourth-order valence-electron chi connectivity index (χ4n) is 3.36. The van der Waals surface area contributed by atoms with E-state index in [0.717, 1.165) is 39.1 Å². The Bertz CT molecular complexity index is 1090. The molecule has 4 rings (SSSR count). The number of rotatable bonds is 4. The lowest BCUT2D eigenvalue weighted by molar-refractivity contribution is 0.600. The number of imidazole rings is 1. The Balaban J connectivity index is 1.83. The molecule has 0 unspecified atom stereocenters. The average molecular weight is 349 g/mol. The van der Waals surface area contributed by atoms with Crippen molar-refractivity contribution in [2.24, 2.45) is 0 Å². The molecule has 0 aliphatic rings. The largest absolute Gasteiger partial charge is 0.352 e. The predicted molar refractivity (Wildman–Crippen MR) is 104 cm³/mol. The van der Waals surface area contributed by atoms with Gasteiger partial charge in [-0.15, -0.1) is 0 Å². The summed E-state index contributed by atoms with van der Waals surface area (Å²) in [5.41, 5.74) is 4.70. The van der Waals surface area contributed by atoms with Crippen LogP contribution in [-0.4, -0.2) is 35.5 Å². The van der Waals surface area contributed by atoms with E-state index in [1.54, 1.807) is 0 Å². The normalized spacial score (nSPS) is 12.0. The number of fused-ring (bicyclic) bond motifs is 2. The van der Waals surface area contributed by atoms with Gasteiger partial charge in [0.05, 0.1) is 5.52 Å². The lowest BCUT2D eigenvalue weighted by Crippen LogP contribution is -2.12. The molecule has 4 heterocycles. The Labute approximate surface area is 151 Å². The number of nitrogens with zero attached hydrogens (tertiary/aromatic N) is 5. The first-order valence-electron chi connectivity index (χ1n) is 8.89. The van der Waals surface area contributed by atoms with E-state index in [4.69, 9.17) is 0 Å². The van der Waals surface area contributed by atoms with Crippen LogP contribution in [-0.2, 0) is 0 Å². The highest BCUT2D eigenvalue weighted by Gasteiger charge is 2.15. The Kier molecular flexibility index (Phi) is 3.86. The maximum Gasteiger partial charge on any atom is 0.224 e. The molecule has 0 amide bonds. The molecular weight excluding hydrogens is 326 g/mol. The van der Waals surface area contributed by atoms with Gasteiger partial charge >= 0.3 is 0 Å². The van der Waals surface area contributed by atoms with Crippen LogP contribution < -0.4 is 5.32 Å². The van der Waals surface area contributed by atoms with E-state index >= 15 is 0 Å². The number of pyridine rings is 1. The second kappa shape index (κ2) is 6.09. The molecule has 0 saturated carbocycles. The number of H-pyrrole nitrogens is 1. The molecule has 134 valence electrons. The van der Waals surface area contributed by atoms with Crippen molar-refractivity contribution in [2.75, 3.05) is 5.32 Å². The standard InChI is InChI=1S/C19H23N7/c1-10(2)23-19-22-9-15-14(8-21-17(15)25-19)13-6-16-18(20-7-13)24-12(5)26(16)11(3)4/h6-11H,1-5H3,(H2,21,22,23,25). The van der Waals surface area contributed by atoms with Crippen LogP contribution in [0, 0.1) is 6.92 Å². The Morgan fingerprint density at radius 3 is 2.62 bits per heavy atom. The van der Waals surface area contributed by atoms with E-state index in [1.165, 1.54) is 0 Å². The van der Waals surface area contributed by atoms with Crippen molar-refractivity contribution in [3.05, 3.63) is 30.5 Å². The summed E-state index contributed by atoms with van der Waals surface area (Å²) >= 11 is 0. The molecule has 2 N–H and O–H groups in total. The van der Waals surface area contributed by atoms with Gasteiger partial charge in [-0.3, -0.25) is 0 Å². The number of hydrogen-bond donors (Lipinski definition) is 2. The van der Waals surface area contributed by atoms with Gasteiger partial charge in [0.25, 0.3) is 0 Å². The first kappa shape index (κ1) is 16.5. The molecule has 4 aromatic heterocycles. The quantitative estimate of drug-likeness (QED) is 0.580. The third-order valence-corrected chi connectivity index (χ3v) is 4.40. The number of aryl methyl sites for hydroxylation is 1. The van der Waals surface area contributed by atoms with Crippen molar-refractivity contribution >= 4 is 28.1 Å². The number of aromatic amines is 1. The van der Waals surface area contributed by atoms with Gasteiger partial charge in [-0.05, 0) is 40.7 Å². The van der Waals surface area contributed by atoms with Crippen molar-refractivity contribution in [1.29, 1.82) is 0 Å². The zero-order valence-corrected chi connectivity index (χ0v) is 15.7. The molecule has 0 saturated heterocycles. The maximum atomic E-state index is 4.57. The van der Waals surface area contributed by atoms with E-state index in [9.17, 15) is 0 Å². The number of nitrogens with one attached hydrogen (secondary N) is 2. The Morgan fingerprint density at radius 1 is 1.08 bits per heavy atom. The molecule has 0 aliphatic heterocycles. The minimum atomic E-state index is 0.285. The zero-order chi connectivity index (χ0) is 18.4. The van der Waals surface area contributed by atoms with Crippen LogP contribution in [0.25, 0.3) is 33.3 Å². The van der Waals surface area contributed by atoms with E-state index in [1.807, 2.05) is 25.5 Å². The minimum absolute atomic E-state index is 0.285. The summed E-state index contributed by atoms with van der Waals surface area (Å²) in [5, 5.41) is 4.21. The van der Waals surface area contributed by atoms with Crippen LogP contribution >= 0.6 is 0 Å². The summed E-state index contributed by atoms with van der Waals surface area (Å²) in [6.07, 6.45) is 5.68. The summed E-state index contributed by atoms with van der Waals surface area (Å²) in [7, 11) is 0. The molecule has 0 aromatic carbocycles. The van der Waals surface area contributed by atoms with Crippen LogP contribution in [0.1, 0.15) is 39.6 Å². The van der Waals surface area contributed by atoms with E-state index in [0.29, 0.717) is 12.0 Å². The van der Waals surface area contributed by atoms with Gasteiger partial charge in [-0.1, -0.05) is 0 Å². The highest BCUT2D eigenvalue weighted by molar-refractivity contribution is 5.95. The van der Waals surface area contributed by atoms with Gasteiger partial charge in [0.1, 0.15) is 11.5 Å². The van der Waals surface area contributed by atoms with Crippen LogP contribution in [0.4, 0.5) is 5.95 Å². The molecule has 0 radical (unpaired) electrons. The van der Waals surface area contributed by atoms with E-state index in [2.05, 4.69) is 68.6 Å². The highest BCUT2D eigenvalue weighted by atomic mass is 15.1. The summed E-state index contributed by atoms with van der Waals surface area (Å²) in [6.45, 7) is 10.5. The van der Waals surface area contributed by atoms with Gasteiger partial charge in [0.2, 0.25) is 5.95 Å². The predicted octanol–water partition coefficient (Wildman–Crippen LogP) is 4.08. The second-order valence-electron chi connectivity index (χ2n) is 7.15. The molecule has 0 aliphatic carbocycles. The van der Waals surface area contributed by atoms with Crippen molar-refractivity contribution in [1.82, 2.24) is 29.5 Å². The smallest absolute Gasteiger partial charge is 0.224 e. The summed E-state index contributed by atoms with van der Waals surface area (Å²) in [4.78, 5) is 21.4. The molecule has 0 atom stereocenters. The summed E-state index contributed by atoms with van der Waals surface area (Å²) in [5.74, 6) is 1.61. The number of hydrogen-bond acceptors (Lipinski definition) is 5. The Hall–Kier alpha value is -2.96. The van der Waals surface area contributed by atoms with E-state index in [-0.39, 0.29) is 6.04 Å². The van der Waals surface area contributed by atoms with Gasteiger partial charge in [0, 0.05) is 47.2 Å². The fraction of sp³-hybridized carbons (Fsp3) is 0.368. The molecular formula is C19H23N7. The van der Waals surface area contributed by atoms with Gasteiger partial charge in [0.15, 0.2) is 5.65 Å². The highest BCUT2D eigenvalue weighted by Crippen LogP contribution is 2.30. The van der Waals surface area contributed by atoms with Crippen LogP contribution in [0.15, 0.2) is 24.7 Å². The second-order valence-corrected chi connectivity index (χ2v) is 7.15. The molecule has 7 heteroatoms. The monoisotopic (exact) mass is 349 g/mol. The molecule has 4 aromatic rings. The molecule has 0 fully saturated rings.